The predicted octanol–water partition coefficient (Wildman–Crippen LogP) is 3.54. The highest BCUT2D eigenvalue weighted by molar-refractivity contribution is 5.68. The fourth-order valence-corrected chi connectivity index (χ4v) is 4.20. The molecule has 3 heterocycles. The fraction of sp³-hybridized carbons (Fsp3) is 0.478. The molecule has 1 atom stereocenters. The first-order valence-corrected chi connectivity index (χ1v) is 10.5. The van der Waals surface area contributed by atoms with Gasteiger partial charge in [-0.05, 0) is 48.3 Å². The molecule has 1 aromatic heterocycles. The van der Waals surface area contributed by atoms with Crippen molar-refractivity contribution in [2.75, 3.05) is 42.6 Å². The first-order chi connectivity index (χ1) is 13.8. The second-order valence-electron chi connectivity index (χ2n) is 7.85. The molecule has 0 saturated carbocycles. The minimum absolute atomic E-state index is 0.257. The Morgan fingerprint density at radius 1 is 1.07 bits per heavy atom. The van der Waals surface area contributed by atoms with E-state index in [-0.39, 0.29) is 6.61 Å². The number of piperidine rings is 1. The topological polar surface area (TPSA) is 52.5 Å². The van der Waals surface area contributed by atoms with Crippen molar-refractivity contribution in [2.45, 2.75) is 32.6 Å². The van der Waals surface area contributed by atoms with E-state index >= 15 is 0 Å². The van der Waals surface area contributed by atoms with Crippen molar-refractivity contribution in [2.24, 2.45) is 5.92 Å². The zero-order chi connectivity index (χ0) is 19.3. The highest BCUT2D eigenvalue weighted by Crippen LogP contribution is 2.27. The zero-order valence-corrected chi connectivity index (χ0v) is 16.7. The average molecular weight is 379 g/mol. The third-order valence-electron chi connectivity index (χ3n) is 6.01. The number of benzene rings is 1. The van der Waals surface area contributed by atoms with Gasteiger partial charge in [-0.15, -0.1) is 0 Å². The standard InChI is InChI=1S/C23H30N4O/c1-2-18-5-7-20(8-6-18)21-9-12-26(13-10-21)22-14-23(25-17-24-22)27-11-3-4-19(15-27)16-28/h5-9,14,17,19,28H,2-4,10-13,15-16H2,1H3. The van der Waals surface area contributed by atoms with Gasteiger partial charge in [-0.1, -0.05) is 37.3 Å². The molecule has 1 saturated heterocycles. The van der Waals surface area contributed by atoms with Crippen LogP contribution >= 0.6 is 0 Å². The third-order valence-corrected chi connectivity index (χ3v) is 6.01. The van der Waals surface area contributed by atoms with Crippen molar-refractivity contribution in [3.05, 3.63) is 53.9 Å². The molecular formula is C23H30N4O. The van der Waals surface area contributed by atoms with Crippen LogP contribution in [0.4, 0.5) is 11.6 Å². The molecule has 0 aliphatic carbocycles. The molecule has 2 aromatic rings. The maximum Gasteiger partial charge on any atom is 0.134 e. The number of aliphatic hydroxyl groups excluding tert-OH is 1. The Balaban J connectivity index is 1.45. The molecule has 1 aromatic carbocycles. The van der Waals surface area contributed by atoms with Crippen LogP contribution in [-0.2, 0) is 6.42 Å². The van der Waals surface area contributed by atoms with Gasteiger partial charge in [0.15, 0.2) is 0 Å². The molecule has 1 unspecified atom stereocenters. The van der Waals surface area contributed by atoms with Crippen molar-refractivity contribution in [1.29, 1.82) is 0 Å². The monoisotopic (exact) mass is 378 g/mol. The van der Waals surface area contributed by atoms with Gasteiger partial charge in [0.05, 0.1) is 0 Å². The van der Waals surface area contributed by atoms with E-state index < -0.39 is 0 Å². The van der Waals surface area contributed by atoms with E-state index in [1.807, 2.05) is 0 Å². The molecular weight excluding hydrogens is 348 g/mol. The summed E-state index contributed by atoms with van der Waals surface area (Å²) in [6.45, 7) is 6.18. The summed E-state index contributed by atoms with van der Waals surface area (Å²) in [5.74, 6) is 2.33. The molecule has 1 N–H and O–H groups in total. The number of aromatic nitrogens is 2. The van der Waals surface area contributed by atoms with Crippen LogP contribution in [-0.4, -0.2) is 47.9 Å². The summed E-state index contributed by atoms with van der Waals surface area (Å²) in [5, 5.41) is 9.49. The molecule has 148 valence electrons. The average Bonchev–Trinajstić information content (AvgIpc) is 2.79. The molecule has 0 radical (unpaired) electrons. The molecule has 4 rings (SSSR count). The van der Waals surface area contributed by atoms with Gasteiger partial charge in [0.1, 0.15) is 18.0 Å². The van der Waals surface area contributed by atoms with E-state index in [9.17, 15) is 5.11 Å². The highest BCUT2D eigenvalue weighted by Gasteiger charge is 2.22. The molecule has 5 heteroatoms. The summed E-state index contributed by atoms with van der Waals surface area (Å²) < 4.78 is 0. The van der Waals surface area contributed by atoms with Crippen LogP contribution < -0.4 is 9.80 Å². The third kappa shape index (κ3) is 4.20. The van der Waals surface area contributed by atoms with Gasteiger partial charge in [-0.25, -0.2) is 9.97 Å². The number of aryl methyl sites for hydroxylation is 1. The largest absolute Gasteiger partial charge is 0.396 e. The van der Waals surface area contributed by atoms with Crippen molar-refractivity contribution in [3.8, 4) is 0 Å². The summed E-state index contributed by atoms with van der Waals surface area (Å²) in [6.07, 6.45) is 8.33. The second-order valence-corrected chi connectivity index (χ2v) is 7.85. The van der Waals surface area contributed by atoms with Crippen LogP contribution in [0.15, 0.2) is 42.7 Å². The van der Waals surface area contributed by atoms with Gasteiger partial charge in [0.25, 0.3) is 0 Å². The summed E-state index contributed by atoms with van der Waals surface area (Å²) in [4.78, 5) is 13.6. The van der Waals surface area contributed by atoms with Gasteiger partial charge in [0.2, 0.25) is 0 Å². The molecule has 0 bridgehead atoms. The van der Waals surface area contributed by atoms with Crippen molar-refractivity contribution < 1.29 is 5.11 Å². The Hall–Kier alpha value is -2.40. The predicted molar refractivity (Wildman–Crippen MR) is 115 cm³/mol. The number of aliphatic hydroxyl groups is 1. The van der Waals surface area contributed by atoms with Crippen LogP contribution in [0.1, 0.15) is 37.3 Å². The highest BCUT2D eigenvalue weighted by atomic mass is 16.3. The SMILES string of the molecule is CCc1ccc(C2=CCN(c3cc(N4CCCC(CO)C4)ncn3)CC2)cc1. The Morgan fingerprint density at radius 3 is 2.54 bits per heavy atom. The Kier molecular flexibility index (Phi) is 5.91. The number of hydrogen-bond acceptors (Lipinski definition) is 5. The van der Waals surface area contributed by atoms with Crippen molar-refractivity contribution >= 4 is 17.2 Å². The number of anilines is 2. The summed E-state index contributed by atoms with van der Waals surface area (Å²) in [7, 11) is 0. The van der Waals surface area contributed by atoms with Gasteiger partial charge in [-0.2, -0.15) is 0 Å². The van der Waals surface area contributed by atoms with Crippen LogP contribution in [0.2, 0.25) is 0 Å². The molecule has 0 amide bonds. The Bertz CT molecular complexity index is 818. The Morgan fingerprint density at radius 2 is 1.86 bits per heavy atom. The quantitative estimate of drug-likeness (QED) is 0.862. The van der Waals surface area contributed by atoms with Crippen LogP contribution in [0.25, 0.3) is 5.57 Å². The Labute approximate surface area is 167 Å². The second kappa shape index (κ2) is 8.74. The molecule has 28 heavy (non-hydrogen) atoms. The zero-order valence-electron chi connectivity index (χ0n) is 16.7. The summed E-state index contributed by atoms with van der Waals surface area (Å²) in [5.41, 5.74) is 4.15. The minimum atomic E-state index is 0.257. The summed E-state index contributed by atoms with van der Waals surface area (Å²) >= 11 is 0. The molecule has 2 aliphatic heterocycles. The van der Waals surface area contributed by atoms with E-state index in [1.54, 1.807) is 6.33 Å². The van der Waals surface area contributed by atoms with Gasteiger partial charge < -0.3 is 14.9 Å². The molecule has 2 aliphatic rings. The number of rotatable bonds is 5. The van der Waals surface area contributed by atoms with E-state index in [1.165, 1.54) is 16.7 Å². The van der Waals surface area contributed by atoms with Gasteiger partial charge in [0, 0.05) is 38.9 Å². The van der Waals surface area contributed by atoms with Crippen LogP contribution in [0.5, 0.6) is 0 Å². The molecule has 5 nitrogen and oxygen atoms in total. The van der Waals surface area contributed by atoms with Crippen LogP contribution in [0.3, 0.4) is 0 Å². The fourth-order valence-electron chi connectivity index (χ4n) is 4.20. The lowest BCUT2D eigenvalue weighted by atomic mass is 9.98. The lowest BCUT2D eigenvalue weighted by Crippen LogP contribution is -2.37. The van der Waals surface area contributed by atoms with Gasteiger partial charge >= 0.3 is 0 Å². The molecule has 1 fully saturated rings. The van der Waals surface area contributed by atoms with Crippen molar-refractivity contribution in [1.82, 2.24) is 9.97 Å². The summed E-state index contributed by atoms with van der Waals surface area (Å²) in [6, 6.07) is 11.1. The first kappa shape index (κ1) is 18.9. The molecule has 0 spiro atoms. The normalized spacial score (nSPS) is 20.2. The number of nitrogens with zero attached hydrogens (tertiary/aromatic N) is 4. The minimum Gasteiger partial charge on any atom is -0.396 e. The van der Waals surface area contributed by atoms with Crippen molar-refractivity contribution in [3.63, 3.8) is 0 Å². The lowest BCUT2D eigenvalue weighted by molar-refractivity contribution is 0.208. The lowest BCUT2D eigenvalue weighted by Gasteiger charge is -2.33. The smallest absolute Gasteiger partial charge is 0.134 e. The van der Waals surface area contributed by atoms with E-state index in [2.05, 4.69) is 63.1 Å². The van der Waals surface area contributed by atoms with E-state index in [0.29, 0.717) is 5.92 Å². The maximum atomic E-state index is 9.49. The van der Waals surface area contributed by atoms with E-state index in [0.717, 1.165) is 63.5 Å². The van der Waals surface area contributed by atoms with Gasteiger partial charge in [-0.3, -0.25) is 0 Å². The van der Waals surface area contributed by atoms with Crippen LogP contribution in [0, 0.1) is 5.92 Å². The first-order valence-electron chi connectivity index (χ1n) is 10.5. The number of hydrogen-bond donors (Lipinski definition) is 1. The maximum absolute atomic E-state index is 9.49. The van der Waals surface area contributed by atoms with E-state index in [4.69, 9.17) is 0 Å².